The Kier molecular flexibility index (Phi) is 6.40. The molecule has 0 unspecified atom stereocenters. The predicted molar refractivity (Wildman–Crippen MR) is 75.7 cm³/mol. The lowest BCUT2D eigenvalue weighted by Gasteiger charge is -2.26. The number of benzene rings is 1. The monoisotopic (exact) mass is 254 g/mol. The molecule has 0 aliphatic heterocycles. The van der Waals surface area contributed by atoms with Crippen molar-refractivity contribution in [1.82, 2.24) is 0 Å². The van der Waals surface area contributed by atoms with Crippen LogP contribution in [0.3, 0.4) is 0 Å². The van der Waals surface area contributed by atoms with Crippen LogP contribution in [-0.2, 0) is 6.54 Å². The Morgan fingerprint density at radius 3 is 2.65 bits per heavy atom. The van der Waals surface area contributed by atoms with Crippen molar-refractivity contribution in [3.8, 4) is 0 Å². The van der Waals surface area contributed by atoms with Gasteiger partial charge in [-0.3, -0.25) is 0 Å². The fourth-order valence-electron chi connectivity index (χ4n) is 1.99. The van der Waals surface area contributed by atoms with Crippen molar-refractivity contribution < 1.29 is 5.11 Å². The van der Waals surface area contributed by atoms with Gasteiger partial charge >= 0.3 is 0 Å². The minimum absolute atomic E-state index is 0.174. The number of aliphatic hydroxyl groups is 1. The molecule has 3 nitrogen and oxygen atoms in total. The summed E-state index contributed by atoms with van der Waals surface area (Å²) in [6, 6.07) is 6.24. The van der Waals surface area contributed by atoms with Crippen molar-refractivity contribution in [2.45, 2.75) is 24.8 Å². The number of nitrogens with zero attached hydrogens (tertiary/aromatic N) is 1. The molecule has 0 bridgehead atoms. The van der Waals surface area contributed by atoms with Gasteiger partial charge in [-0.05, 0) is 24.8 Å². The Hall–Kier alpha value is -0.710. The lowest BCUT2D eigenvalue weighted by Crippen LogP contribution is -2.29. The third-order valence-electron chi connectivity index (χ3n) is 2.74. The van der Waals surface area contributed by atoms with E-state index in [-0.39, 0.29) is 6.61 Å². The fraction of sp³-hybridized carbons (Fsp3) is 0.538. The molecular weight excluding hydrogens is 232 g/mol. The van der Waals surface area contributed by atoms with Crippen LogP contribution in [0, 0.1) is 0 Å². The van der Waals surface area contributed by atoms with E-state index < -0.39 is 0 Å². The second-order valence-corrected chi connectivity index (χ2v) is 4.72. The molecule has 0 saturated heterocycles. The summed E-state index contributed by atoms with van der Waals surface area (Å²) in [5, 5.41) is 9.14. The molecule has 1 aromatic rings. The van der Waals surface area contributed by atoms with Gasteiger partial charge < -0.3 is 15.7 Å². The normalized spacial score (nSPS) is 10.6. The smallest absolute Gasteiger partial charge is 0.0606 e. The summed E-state index contributed by atoms with van der Waals surface area (Å²) in [5.74, 6) is 0. The number of hydrogen-bond donors (Lipinski definition) is 2. The highest BCUT2D eigenvalue weighted by Crippen LogP contribution is 2.29. The molecular formula is C13H22N2OS. The van der Waals surface area contributed by atoms with E-state index in [1.807, 2.05) is 0 Å². The van der Waals surface area contributed by atoms with Gasteiger partial charge in [0.15, 0.2) is 0 Å². The first-order valence-corrected chi connectivity index (χ1v) is 7.22. The number of aliphatic hydroxyl groups excluding tert-OH is 1. The molecule has 17 heavy (non-hydrogen) atoms. The Morgan fingerprint density at radius 2 is 2.12 bits per heavy atom. The topological polar surface area (TPSA) is 49.5 Å². The lowest BCUT2D eigenvalue weighted by atomic mass is 10.1. The molecule has 3 N–H and O–H groups in total. The van der Waals surface area contributed by atoms with Crippen LogP contribution in [0.1, 0.15) is 18.9 Å². The molecule has 96 valence electrons. The fourth-order valence-corrected chi connectivity index (χ4v) is 2.64. The molecule has 0 radical (unpaired) electrons. The first-order chi connectivity index (χ1) is 8.28. The molecule has 0 amide bonds. The average Bonchev–Trinajstić information content (AvgIpc) is 2.37. The van der Waals surface area contributed by atoms with Gasteiger partial charge in [0.1, 0.15) is 0 Å². The zero-order chi connectivity index (χ0) is 12.7. The van der Waals surface area contributed by atoms with E-state index in [2.05, 4.69) is 36.3 Å². The molecule has 0 atom stereocenters. The highest BCUT2D eigenvalue weighted by molar-refractivity contribution is 7.98. The van der Waals surface area contributed by atoms with Gasteiger partial charge in [-0.2, -0.15) is 0 Å². The zero-order valence-electron chi connectivity index (χ0n) is 10.6. The van der Waals surface area contributed by atoms with E-state index >= 15 is 0 Å². The average molecular weight is 254 g/mol. The molecule has 1 aromatic carbocycles. The predicted octanol–water partition coefficient (Wildman–Crippen LogP) is 2.08. The van der Waals surface area contributed by atoms with Crippen molar-refractivity contribution in [2.75, 3.05) is 30.9 Å². The van der Waals surface area contributed by atoms with E-state index in [9.17, 15) is 0 Å². The summed E-state index contributed by atoms with van der Waals surface area (Å²) in [6.45, 7) is 4.47. The van der Waals surface area contributed by atoms with Gasteiger partial charge in [0, 0.05) is 35.8 Å². The van der Waals surface area contributed by atoms with Gasteiger partial charge in [0.2, 0.25) is 0 Å². The van der Waals surface area contributed by atoms with E-state index in [0.29, 0.717) is 13.1 Å². The molecule has 0 heterocycles. The molecule has 0 aliphatic carbocycles. The van der Waals surface area contributed by atoms with E-state index in [1.54, 1.807) is 11.8 Å². The summed E-state index contributed by atoms with van der Waals surface area (Å²) in [5.41, 5.74) is 8.20. The third kappa shape index (κ3) is 3.63. The summed E-state index contributed by atoms with van der Waals surface area (Å²) >= 11 is 1.72. The van der Waals surface area contributed by atoms with Crippen LogP contribution in [0.5, 0.6) is 0 Å². The number of hydrogen-bond acceptors (Lipinski definition) is 4. The van der Waals surface area contributed by atoms with Crippen molar-refractivity contribution in [2.24, 2.45) is 5.73 Å². The maximum atomic E-state index is 9.14. The quantitative estimate of drug-likeness (QED) is 0.731. The van der Waals surface area contributed by atoms with Gasteiger partial charge in [0.05, 0.1) is 6.61 Å². The SMILES string of the molecule is CCCN(CCO)c1cccc(SC)c1CN. The number of rotatable bonds is 7. The molecule has 0 saturated carbocycles. The zero-order valence-corrected chi connectivity index (χ0v) is 11.5. The summed E-state index contributed by atoms with van der Waals surface area (Å²) in [4.78, 5) is 3.44. The van der Waals surface area contributed by atoms with Crippen molar-refractivity contribution in [3.05, 3.63) is 23.8 Å². The molecule has 0 fully saturated rings. The number of anilines is 1. The highest BCUT2D eigenvalue weighted by Gasteiger charge is 2.12. The van der Waals surface area contributed by atoms with Crippen LogP contribution in [0.4, 0.5) is 5.69 Å². The Balaban J connectivity index is 3.07. The van der Waals surface area contributed by atoms with Crippen LogP contribution in [0.15, 0.2) is 23.1 Å². The Morgan fingerprint density at radius 1 is 1.35 bits per heavy atom. The lowest BCUT2D eigenvalue weighted by molar-refractivity contribution is 0.301. The van der Waals surface area contributed by atoms with Crippen LogP contribution < -0.4 is 10.6 Å². The van der Waals surface area contributed by atoms with Crippen molar-refractivity contribution in [1.29, 1.82) is 0 Å². The second kappa shape index (κ2) is 7.58. The van der Waals surface area contributed by atoms with Gasteiger partial charge in [-0.25, -0.2) is 0 Å². The molecule has 0 aliphatic rings. The van der Waals surface area contributed by atoms with E-state index in [1.165, 1.54) is 10.5 Å². The van der Waals surface area contributed by atoms with Crippen LogP contribution >= 0.6 is 11.8 Å². The van der Waals surface area contributed by atoms with Gasteiger partial charge in [0.25, 0.3) is 0 Å². The summed E-state index contributed by atoms with van der Waals surface area (Å²) < 4.78 is 0. The standard InChI is InChI=1S/C13H22N2OS/c1-3-7-15(8-9-16)12-5-4-6-13(17-2)11(12)10-14/h4-6,16H,3,7-10,14H2,1-2H3. The first kappa shape index (κ1) is 14.4. The highest BCUT2D eigenvalue weighted by atomic mass is 32.2. The van der Waals surface area contributed by atoms with Crippen molar-refractivity contribution in [3.63, 3.8) is 0 Å². The minimum atomic E-state index is 0.174. The second-order valence-electron chi connectivity index (χ2n) is 3.87. The first-order valence-electron chi connectivity index (χ1n) is 6.00. The van der Waals surface area contributed by atoms with Crippen molar-refractivity contribution >= 4 is 17.4 Å². The summed E-state index contributed by atoms with van der Waals surface area (Å²) in [6.07, 6.45) is 3.13. The Bertz CT molecular complexity index is 338. The van der Waals surface area contributed by atoms with E-state index in [0.717, 1.165) is 18.7 Å². The molecule has 1 rings (SSSR count). The number of nitrogens with two attached hydrogens (primary N) is 1. The maximum absolute atomic E-state index is 9.14. The molecule has 0 aromatic heterocycles. The van der Waals surface area contributed by atoms with Crippen LogP contribution in [0.2, 0.25) is 0 Å². The summed E-state index contributed by atoms with van der Waals surface area (Å²) in [7, 11) is 0. The molecule has 0 spiro atoms. The largest absolute Gasteiger partial charge is 0.395 e. The van der Waals surface area contributed by atoms with Crippen LogP contribution in [-0.4, -0.2) is 31.1 Å². The number of thioether (sulfide) groups is 1. The maximum Gasteiger partial charge on any atom is 0.0606 e. The van der Waals surface area contributed by atoms with Gasteiger partial charge in [-0.15, -0.1) is 11.8 Å². The van der Waals surface area contributed by atoms with Crippen LogP contribution in [0.25, 0.3) is 0 Å². The third-order valence-corrected chi connectivity index (χ3v) is 3.56. The minimum Gasteiger partial charge on any atom is -0.395 e. The van der Waals surface area contributed by atoms with Gasteiger partial charge in [-0.1, -0.05) is 13.0 Å². The van der Waals surface area contributed by atoms with E-state index in [4.69, 9.17) is 10.8 Å². The Labute approximate surface area is 108 Å². The molecule has 4 heteroatoms.